The van der Waals surface area contributed by atoms with Gasteiger partial charge in [0, 0.05) is 49.9 Å². The van der Waals surface area contributed by atoms with Gasteiger partial charge in [0.25, 0.3) is 5.91 Å². The van der Waals surface area contributed by atoms with E-state index in [0.717, 1.165) is 37.9 Å². The minimum absolute atomic E-state index is 0.155. The molecule has 172 valence electrons. The van der Waals surface area contributed by atoms with Crippen LogP contribution in [0.2, 0.25) is 0 Å². The van der Waals surface area contributed by atoms with Crippen molar-refractivity contribution in [2.24, 2.45) is 0 Å². The number of aromatic amines is 1. The highest BCUT2D eigenvalue weighted by molar-refractivity contribution is 5.98. The quantitative estimate of drug-likeness (QED) is 0.539. The van der Waals surface area contributed by atoms with Crippen LogP contribution in [0.5, 0.6) is 0 Å². The normalized spacial score (nSPS) is 20.5. The maximum Gasteiger partial charge on any atom is 0.251 e. The van der Waals surface area contributed by atoms with Crippen molar-refractivity contribution in [3.8, 4) is 6.07 Å². The zero-order valence-corrected chi connectivity index (χ0v) is 18.5. The van der Waals surface area contributed by atoms with Crippen molar-refractivity contribution in [2.45, 2.75) is 49.7 Å². The first-order chi connectivity index (χ1) is 16.0. The van der Waals surface area contributed by atoms with Crippen molar-refractivity contribution in [1.29, 1.82) is 5.26 Å². The summed E-state index contributed by atoms with van der Waals surface area (Å²) in [5.74, 6) is -0.261. The Balaban J connectivity index is 1.22. The molecule has 0 spiro atoms. The van der Waals surface area contributed by atoms with E-state index in [1.165, 1.54) is 19.2 Å². The second-order valence-corrected chi connectivity index (χ2v) is 9.15. The highest BCUT2D eigenvalue weighted by Crippen LogP contribution is 2.34. The van der Waals surface area contributed by atoms with Gasteiger partial charge in [0.2, 0.25) is 5.91 Å². The summed E-state index contributed by atoms with van der Waals surface area (Å²) in [6.07, 6.45) is 5.41. The Hall–Kier alpha value is -3.45. The molecule has 2 amide bonds. The Labute approximate surface area is 192 Å². The van der Waals surface area contributed by atoms with Gasteiger partial charge in [0.15, 0.2) is 0 Å². The zero-order chi connectivity index (χ0) is 22.8. The molecule has 2 saturated carbocycles. The van der Waals surface area contributed by atoms with Crippen LogP contribution in [0.25, 0.3) is 0 Å². The Morgan fingerprint density at radius 1 is 1.18 bits per heavy atom. The molecule has 1 atom stereocenters. The predicted octanol–water partition coefficient (Wildman–Crippen LogP) is 0.603. The number of hydrogen-bond acceptors (Lipinski definition) is 7. The number of amides is 2. The average molecular weight is 449 g/mol. The Morgan fingerprint density at radius 3 is 2.48 bits per heavy atom. The van der Waals surface area contributed by atoms with Gasteiger partial charge < -0.3 is 15.5 Å². The predicted molar refractivity (Wildman–Crippen MR) is 120 cm³/mol. The highest BCUT2D eigenvalue weighted by Gasteiger charge is 2.45. The standard InChI is InChI=1S/C23H28N8O2/c24-14-23(7-8-23)28-22(33)19(13-20-25-15-26-29-20)27-21(32)16-1-3-17(4-2-16)30-9-11-31(12-10-30)18-5-6-18/h1-4,15,18-19H,5-13H2,(H,27,32)(H,28,33)(H,25,26,29)/t19-/m0/s1. The molecule has 33 heavy (non-hydrogen) atoms. The molecular weight excluding hydrogens is 420 g/mol. The molecule has 0 unspecified atom stereocenters. The first kappa shape index (κ1) is 21.4. The van der Waals surface area contributed by atoms with E-state index in [0.29, 0.717) is 24.2 Å². The van der Waals surface area contributed by atoms with E-state index < -0.39 is 17.5 Å². The van der Waals surface area contributed by atoms with Crippen molar-refractivity contribution >= 4 is 17.5 Å². The van der Waals surface area contributed by atoms with Crippen molar-refractivity contribution in [3.05, 3.63) is 42.0 Å². The molecule has 1 saturated heterocycles. The van der Waals surface area contributed by atoms with Gasteiger partial charge in [-0.05, 0) is 49.9 Å². The third kappa shape index (κ3) is 4.98. The number of hydrogen-bond donors (Lipinski definition) is 3. The van der Waals surface area contributed by atoms with Gasteiger partial charge in [-0.25, -0.2) is 4.98 Å². The van der Waals surface area contributed by atoms with Crippen molar-refractivity contribution in [3.63, 3.8) is 0 Å². The molecule has 2 heterocycles. The SMILES string of the molecule is N#CC1(NC(=O)[C@H](Cc2ncn[nH]2)NC(=O)c2ccc(N3CCN(C4CC4)CC3)cc2)CC1. The van der Waals surface area contributed by atoms with Crippen molar-refractivity contribution < 1.29 is 9.59 Å². The number of H-pyrrole nitrogens is 1. The van der Waals surface area contributed by atoms with E-state index in [1.807, 2.05) is 12.1 Å². The minimum atomic E-state index is -0.869. The van der Waals surface area contributed by atoms with Crippen molar-refractivity contribution in [1.82, 2.24) is 30.7 Å². The van der Waals surface area contributed by atoms with Crippen LogP contribution in [0, 0.1) is 11.3 Å². The van der Waals surface area contributed by atoms with Crippen LogP contribution in [0.4, 0.5) is 5.69 Å². The molecule has 3 N–H and O–H groups in total. The molecule has 1 aromatic heterocycles. The van der Waals surface area contributed by atoms with Gasteiger partial charge in [0.1, 0.15) is 23.7 Å². The van der Waals surface area contributed by atoms with Gasteiger partial charge in [-0.2, -0.15) is 10.4 Å². The maximum atomic E-state index is 12.9. The van der Waals surface area contributed by atoms with Gasteiger partial charge in [-0.1, -0.05) is 0 Å². The molecule has 0 radical (unpaired) electrons. The van der Waals surface area contributed by atoms with E-state index in [4.69, 9.17) is 0 Å². The molecule has 2 aliphatic carbocycles. The van der Waals surface area contributed by atoms with E-state index in [2.05, 4.69) is 41.7 Å². The molecule has 5 rings (SSSR count). The molecular formula is C23H28N8O2. The second-order valence-electron chi connectivity index (χ2n) is 9.15. The van der Waals surface area contributed by atoms with E-state index in [9.17, 15) is 14.9 Å². The summed E-state index contributed by atoms with van der Waals surface area (Å²) in [6, 6.07) is 9.57. The largest absolute Gasteiger partial charge is 0.369 e. The lowest BCUT2D eigenvalue weighted by molar-refractivity contribution is -0.123. The van der Waals surface area contributed by atoms with Gasteiger partial charge in [0.05, 0.1) is 6.07 Å². The van der Waals surface area contributed by atoms with E-state index in [-0.39, 0.29) is 12.3 Å². The summed E-state index contributed by atoms with van der Waals surface area (Å²) < 4.78 is 0. The van der Waals surface area contributed by atoms with Crippen LogP contribution < -0.4 is 15.5 Å². The third-order valence-corrected chi connectivity index (χ3v) is 6.68. The van der Waals surface area contributed by atoms with Crippen LogP contribution >= 0.6 is 0 Å². The number of piperazine rings is 1. The number of benzene rings is 1. The molecule has 10 heteroatoms. The molecule has 3 fully saturated rings. The van der Waals surface area contributed by atoms with Crippen LogP contribution in [0.3, 0.4) is 0 Å². The molecule has 3 aliphatic rings. The lowest BCUT2D eigenvalue weighted by atomic mass is 10.1. The Bertz CT molecular complexity index is 1030. The summed E-state index contributed by atoms with van der Waals surface area (Å²) in [5, 5.41) is 21.4. The zero-order valence-electron chi connectivity index (χ0n) is 18.5. The number of nitrogens with zero attached hydrogens (tertiary/aromatic N) is 5. The van der Waals surface area contributed by atoms with Crippen LogP contribution in [-0.2, 0) is 11.2 Å². The molecule has 0 bridgehead atoms. The van der Waals surface area contributed by atoms with E-state index >= 15 is 0 Å². The van der Waals surface area contributed by atoms with Gasteiger partial charge in [-0.3, -0.25) is 19.6 Å². The number of aromatic nitrogens is 3. The van der Waals surface area contributed by atoms with Crippen molar-refractivity contribution in [2.75, 3.05) is 31.1 Å². The number of carbonyl (C=O) groups excluding carboxylic acids is 2. The highest BCUT2D eigenvalue weighted by atomic mass is 16.2. The number of anilines is 1. The number of carbonyl (C=O) groups is 2. The topological polar surface area (TPSA) is 130 Å². The first-order valence-corrected chi connectivity index (χ1v) is 11.5. The summed E-state index contributed by atoms with van der Waals surface area (Å²) >= 11 is 0. The van der Waals surface area contributed by atoms with Gasteiger partial charge >= 0.3 is 0 Å². The van der Waals surface area contributed by atoms with Gasteiger partial charge in [-0.15, -0.1) is 0 Å². The minimum Gasteiger partial charge on any atom is -0.369 e. The third-order valence-electron chi connectivity index (χ3n) is 6.68. The fraction of sp³-hybridized carbons (Fsp3) is 0.522. The smallest absolute Gasteiger partial charge is 0.251 e. The van der Waals surface area contributed by atoms with Crippen LogP contribution in [0.15, 0.2) is 30.6 Å². The number of nitriles is 1. The molecule has 2 aromatic rings. The average Bonchev–Trinajstić information content (AvgIpc) is 3.78. The summed E-state index contributed by atoms with van der Waals surface area (Å²) in [6.45, 7) is 4.13. The number of nitrogens with one attached hydrogen (secondary N) is 3. The lowest BCUT2D eigenvalue weighted by Gasteiger charge is -2.36. The van der Waals surface area contributed by atoms with E-state index in [1.54, 1.807) is 12.1 Å². The fourth-order valence-electron chi connectivity index (χ4n) is 4.29. The molecule has 10 nitrogen and oxygen atoms in total. The summed E-state index contributed by atoms with van der Waals surface area (Å²) in [7, 11) is 0. The Morgan fingerprint density at radius 2 is 1.91 bits per heavy atom. The monoisotopic (exact) mass is 448 g/mol. The molecule has 1 aromatic carbocycles. The summed E-state index contributed by atoms with van der Waals surface area (Å²) in [4.78, 5) is 34.7. The Kier molecular flexibility index (Phi) is 5.72. The summed E-state index contributed by atoms with van der Waals surface area (Å²) in [5.41, 5.74) is 0.766. The fourth-order valence-corrected chi connectivity index (χ4v) is 4.29. The first-order valence-electron chi connectivity index (χ1n) is 11.5. The number of rotatable bonds is 8. The van der Waals surface area contributed by atoms with Crippen LogP contribution in [-0.4, -0.2) is 75.7 Å². The van der Waals surface area contributed by atoms with Crippen LogP contribution in [0.1, 0.15) is 41.9 Å². The lowest BCUT2D eigenvalue weighted by Crippen LogP contribution is -2.51. The maximum absolute atomic E-state index is 12.9. The second kappa shape index (κ2) is 8.83. The molecule has 1 aliphatic heterocycles.